The molecule has 134 valence electrons. The zero-order chi connectivity index (χ0) is 18.4. The normalized spacial score (nSPS) is 16.3. The van der Waals surface area contributed by atoms with Crippen LogP contribution in [0.4, 0.5) is 5.69 Å². The first kappa shape index (κ1) is 18.3. The lowest BCUT2D eigenvalue weighted by atomic mass is 10.2. The highest BCUT2D eigenvalue weighted by molar-refractivity contribution is 7.89. The summed E-state index contributed by atoms with van der Waals surface area (Å²) in [6.45, 7) is 1.20. The minimum Gasteiger partial charge on any atom is -0.256 e. The summed E-state index contributed by atoms with van der Waals surface area (Å²) < 4.78 is 27.1. The quantitative estimate of drug-likeness (QED) is 0.770. The van der Waals surface area contributed by atoms with Crippen LogP contribution in [0.1, 0.15) is 36.8 Å². The predicted molar refractivity (Wildman–Crippen MR) is 102 cm³/mol. The van der Waals surface area contributed by atoms with Gasteiger partial charge < -0.3 is 0 Å². The number of nitriles is 1. The van der Waals surface area contributed by atoms with Crippen molar-refractivity contribution < 1.29 is 8.42 Å². The first-order valence-corrected chi connectivity index (χ1v) is 10.2. The van der Waals surface area contributed by atoms with E-state index in [9.17, 15) is 8.42 Å². The lowest BCUT2D eigenvalue weighted by molar-refractivity contribution is 0.424. The van der Waals surface area contributed by atoms with Gasteiger partial charge in [-0.2, -0.15) is 9.57 Å². The van der Waals surface area contributed by atoms with E-state index in [0.717, 1.165) is 31.2 Å². The first-order valence-electron chi connectivity index (χ1n) is 8.74. The highest BCUT2D eigenvalue weighted by Gasteiger charge is 2.24. The van der Waals surface area contributed by atoms with Crippen molar-refractivity contribution in [1.29, 1.82) is 5.26 Å². The van der Waals surface area contributed by atoms with Crippen LogP contribution in [0.5, 0.6) is 0 Å². The maximum Gasteiger partial charge on any atom is 0.243 e. The molecule has 0 aliphatic carbocycles. The summed E-state index contributed by atoms with van der Waals surface area (Å²) in [7, 11) is -3.43. The summed E-state index contributed by atoms with van der Waals surface area (Å²) in [5, 5.41) is 8.80. The summed E-state index contributed by atoms with van der Waals surface area (Å²) in [6.07, 6.45) is 5.72. The Morgan fingerprint density at radius 1 is 0.923 bits per heavy atom. The highest BCUT2D eigenvalue weighted by atomic mass is 32.2. The van der Waals surface area contributed by atoms with E-state index < -0.39 is 10.0 Å². The average molecular weight is 367 g/mol. The Labute approximate surface area is 154 Å². The van der Waals surface area contributed by atoms with Crippen molar-refractivity contribution in [3.63, 3.8) is 0 Å². The van der Waals surface area contributed by atoms with Crippen molar-refractivity contribution in [2.45, 2.75) is 30.6 Å². The van der Waals surface area contributed by atoms with Gasteiger partial charge in [-0.1, -0.05) is 25.0 Å². The second kappa shape index (κ2) is 8.26. The van der Waals surface area contributed by atoms with Gasteiger partial charge in [0.25, 0.3) is 0 Å². The Morgan fingerprint density at radius 2 is 1.54 bits per heavy atom. The summed E-state index contributed by atoms with van der Waals surface area (Å²) in [5.74, 6) is 0. The number of nitrogens with zero attached hydrogens (tertiary/aromatic N) is 3. The van der Waals surface area contributed by atoms with Crippen LogP contribution in [0.15, 0.2) is 58.4 Å². The summed E-state index contributed by atoms with van der Waals surface area (Å²) >= 11 is 0. The van der Waals surface area contributed by atoms with E-state index >= 15 is 0 Å². The largest absolute Gasteiger partial charge is 0.256 e. The van der Waals surface area contributed by atoms with E-state index in [-0.39, 0.29) is 0 Å². The fourth-order valence-corrected chi connectivity index (χ4v) is 4.45. The molecule has 0 bridgehead atoms. The second-order valence-corrected chi connectivity index (χ2v) is 8.24. The van der Waals surface area contributed by atoms with Gasteiger partial charge >= 0.3 is 0 Å². The van der Waals surface area contributed by atoms with Crippen molar-refractivity contribution in [1.82, 2.24) is 4.31 Å². The smallest absolute Gasteiger partial charge is 0.243 e. The molecule has 2 aromatic rings. The number of hydrogen-bond acceptors (Lipinski definition) is 4. The molecule has 1 heterocycles. The van der Waals surface area contributed by atoms with Crippen LogP contribution in [0.25, 0.3) is 0 Å². The van der Waals surface area contributed by atoms with Crippen molar-refractivity contribution in [3.8, 4) is 6.07 Å². The lowest BCUT2D eigenvalue weighted by Crippen LogP contribution is -2.31. The molecule has 2 aromatic carbocycles. The van der Waals surface area contributed by atoms with Crippen molar-refractivity contribution in [2.24, 2.45) is 4.99 Å². The topological polar surface area (TPSA) is 73.5 Å². The minimum atomic E-state index is -3.43. The van der Waals surface area contributed by atoms with Gasteiger partial charge in [0.2, 0.25) is 10.0 Å². The highest BCUT2D eigenvalue weighted by Crippen LogP contribution is 2.22. The van der Waals surface area contributed by atoms with Gasteiger partial charge in [-0.15, -0.1) is 0 Å². The first-order chi connectivity index (χ1) is 12.6. The summed E-state index contributed by atoms with van der Waals surface area (Å²) in [6, 6.07) is 15.8. The van der Waals surface area contributed by atoms with Gasteiger partial charge in [-0.3, -0.25) is 4.99 Å². The fourth-order valence-electron chi connectivity index (χ4n) is 2.93. The van der Waals surface area contributed by atoms with E-state index in [0.29, 0.717) is 29.2 Å². The van der Waals surface area contributed by atoms with Crippen molar-refractivity contribution >= 4 is 21.9 Å². The van der Waals surface area contributed by atoms with E-state index in [1.54, 1.807) is 46.9 Å². The molecule has 0 atom stereocenters. The van der Waals surface area contributed by atoms with E-state index in [1.165, 1.54) is 0 Å². The lowest BCUT2D eigenvalue weighted by Gasteiger charge is -2.19. The zero-order valence-electron chi connectivity index (χ0n) is 14.5. The third kappa shape index (κ3) is 4.37. The minimum absolute atomic E-state index is 0.316. The van der Waals surface area contributed by atoms with Crippen molar-refractivity contribution in [3.05, 3.63) is 59.7 Å². The molecule has 6 heteroatoms. The number of benzene rings is 2. The second-order valence-electron chi connectivity index (χ2n) is 6.30. The maximum absolute atomic E-state index is 12.8. The van der Waals surface area contributed by atoms with Gasteiger partial charge in [0.05, 0.1) is 22.2 Å². The van der Waals surface area contributed by atoms with E-state index in [2.05, 4.69) is 11.1 Å². The Balaban J connectivity index is 1.73. The molecule has 3 rings (SSSR count). The third-order valence-corrected chi connectivity index (χ3v) is 6.35. The third-order valence-electron chi connectivity index (χ3n) is 4.44. The molecule has 0 aromatic heterocycles. The summed E-state index contributed by atoms with van der Waals surface area (Å²) in [4.78, 5) is 4.68. The number of sulfonamides is 1. The Bertz CT molecular complexity index is 903. The van der Waals surface area contributed by atoms with Crippen LogP contribution in [0.3, 0.4) is 0 Å². The van der Waals surface area contributed by atoms with Crippen molar-refractivity contribution in [2.75, 3.05) is 13.1 Å². The molecule has 1 aliphatic rings. The van der Waals surface area contributed by atoms with Crippen LogP contribution in [0, 0.1) is 11.3 Å². The fraction of sp³-hybridized carbons (Fsp3) is 0.300. The van der Waals surface area contributed by atoms with Gasteiger partial charge in [-0.05, 0) is 54.8 Å². The molecule has 1 saturated heterocycles. The van der Waals surface area contributed by atoms with Gasteiger partial charge in [-0.25, -0.2) is 8.42 Å². The molecule has 0 saturated carbocycles. The molecular formula is C20H21N3O2S. The van der Waals surface area contributed by atoms with Crippen LogP contribution in [-0.2, 0) is 10.0 Å². The van der Waals surface area contributed by atoms with Crippen LogP contribution < -0.4 is 0 Å². The number of rotatable bonds is 4. The average Bonchev–Trinajstić information content (AvgIpc) is 2.97. The van der Waals surface area contributed by atoms with Gasteiger partial charge in [0.15, 0.2) is 0 Å². The molecular weight excluding hydrogens is 346 g/mol. The van der Waals surface area contributed by atoms with Crippen LogP contribution >= 0.6 is 0 Å². The predicted octanol–water partition coefficient (Wildman–Crippen LogP) is 3.87. The summed E-state index contributed by atoms with van der Waals surface area (Å²) in [5.41, 5.74) is 2.17. The molecule has 1 fully saturated rings. The maximum atomic E-state index is 12.8. The molecule has 0 unspecified atom stereocenters. The Morgan fingerprint density at radius 3 is 2.12 bits per heavy atom. The van der Waals surface area contributed by atoms with E-state index in [1.807, 2.05) is 12.1 Å². The molecule has 26 heavy (non-hydrogen) atoms. The standard InChI is InChI=1S/C20H21N3O2S/c21-15-17-5-7-18(8-6-17)16-22-19-9-11-20(12-10-19)26(24,25)23-13-3-1-2-4-14-23/h5-12,16H,1-4,13-14H2. The SMILES string of the molecule is N#Cc1ccc(C=Nc2ccc(S(=O)(=O)N3CCCCCC3)cc2)cc1. The molecule has 0 spiro atoms. The van der Waals surface area contributed by atoms with Gasteiger partial charge in [0.1, 0.15) is 0 Å². The van der Waals surface area contributed by atoms with Crippen LogP contribution in [-0.4, -0.2) is 32.0 Å². The number of hydrogen-bond donors (Lipinski definition) is 0. The number of aliphatic imine (C=N–C) groups is 1. The molecule has 1 aliphatic heterocycles. The molecule has 0 radical (unpaired) electrons. The Hall–Kier alpha value is -2.49. The van der Waals surface area contributed by atoms with E-state index in [4.69, 9.17) is 5.26 Å². The van der Waals surface area contributed by atoms with Gasteiger partial charge in [0, 0.05) is 19.3 Å². The van der Waals surface area contributed by atoms with Crippen LogP contribution in [0.2, 0.25) is 0 Å². The molecule has 0 amide bonds. The molecule has 5 nitrogen and oxygen atoms in total. The Kier molecular flexibility index (Phi) is 5.82. The molecule has 0 N–H and O–H groups in total. The zero-order valence-corrected chi connectivity index (χ0v) is 15.3. The monoisotopic (exact) mass is 367 g/mol.